The van der Waals surface area contributed by atoms with E-state index in [4.69, 9.17) is 14.1 Å². The van der Waals surface area contributed by atoms with E-state index in [1.807, 2.05) is 38.0 Å². The number of oxazole rings is 1. The van der Waals surface area contributed by atoms with E-state index in [9.17, 15) is 0 Å². The maximum absolute atomic E-state index is 6.00. The fourth-order valence-electron chi connectivity index (χ4n) is 4.42. The molecule has 9 nitrogen and oxygen atoms in total. The van der Waals surface area contributed by atoms with Crippen LogP contribution in [-0.4, -0.2) is 76.4 Å². The Labute approximate surface area is 214 Å². The van der Waals surface area contributed by atoms with Crippen LogP contribution >= 0.6 is 24.0 Å². The van der Waals surface area contributed by atoms with Gasteiger partial charge in [-0.25, -0.2) is 4.98 Å². The van der Waals surface area contributed by atoms with Gasteiger partial charge in [0.2, 0.25) is 5.89 Å². The molecule has 4 rings (SSSR count). The van der Waals surface area contributed by atoms with E-state index < -0.39 is 0 Å². The molecular weight excluding hydrogens is 533 g/mol. The molecule has 2 fully saturated rings. The fraction of sp³-hybridized carbons (Fsp3) is 0.696. The van der Waals surface area contributed by atoms with Gasteiger partial charge >= 0.3 is 0 Å². The molecule has 2 aromatic rings. The molecule has 2 aromatic heterocycles. The quantitative estimate of drug-likeness (QED) is 0.325. The summed E-state index contributed by atoms with van der Waals surface area (Å²) in [4.78, 5) is 14.3. The number of likely N-dealkylation sites (tertiary alicyclic amines) is 1. The van der Waals surface area contributed by atoms with Crippen molar-refractivity contribution in [3.8, 4) is 0 Å². The predicted octanol–water partition coefficient (Wildman–Crippen LogP) is 2.89. The van der Waals surface area contributed by atoms with Crippen molar-refractivity contribution >= 4 is 29.9 Å². The second kappa shape index (κ2) is 12.2. The Balaban J connectivity index is 0.00000306. The third-order valence-corrected chi connectivity index (χ3v) is 6.44. The van der Waals surface area contributed by atoms with Crippen LogP contribution in [-0.2, 0) is 18.3 Å². The summed E-state index contributed by atoms with van der Waals surface area (Å²) in [6, 6.07) is 0. The number of nitrogens with zero attached hydrogens (tertiary/aromatic N) is 6. The molecule has 184 valence electrons. The molecule has 0 spiro atoms. The summed E-state index contributed by atoms with van der Waals surface area (Å²) < 4.78 is 13.6. The van der Waals surface area contributed by atoms with Crippen LogP contribution in [0.2, 0.25) is 0 Å². The van der Waals surface area contributed by atoms with Crippen molar-refractivity contribution < 1.29 is 9.15 Å². The molecule has 0 aliphatic carbocycles. The first-order valence-corrected chi connectivity index (χ1v) is 11.8. The molecule has 0 amide bonds. The van der Waals surface area contributed by atoms with E-state index in [0.717, 1.165) is 87.5 Å². The lowest BCUT2D eigenvalue weighted by Crippen LogP contribution is -2.48. The van der Waals surface area contributed by atoms with Crippen LogP contribution in [0, 0.1) is 19.8 Å². The summed E-state index contributed by atoms with van der Waals surface area (Å²) in [6.45, 7) is 13.1. The minimum atomic E-state index is 0. The first kappa shape index (κ1) is 26.0. The minimum Gasteiger partial charge on any atom is -0.444 e. The number of piperidine rings is 1. The number of halogens is 1. The van der Waals surface area contributed by atoms with E-state index in [0.29, 0.717) is 12.5 Å². The number of hydrogen-bond acceptors (Lipinski definition) is 6. The number of aryl methyl sites for hydroxylation is 3. The van der Waals surface area contributed by atoms with E-state index in [-0.39, 0.29) is 30.1 Å². The Hall–Kier alpha value is -1.66. The molecule has 33 heavy (non-hydrogen) atoms. The van der Waals surface area contributed by atoms with Crippen LogP contribution in [0.1, 0.15) is 48.8 Å². The smallest absolute Gasteiger partial charge is 0.208 e. The van der Waals surface area contributed by atoms with Crippen molar-refractivity contribution in [3.63, 3.8) is 0 Å². The summed E-state index contributed by atoms with van der Waals surface area (Å²) in [5.41, 5.74) is 2.12. The normalized spacial score (nSPS) is 20.7. The largest absolute Gasteiger partial charge is 0.444 e. The standard InChI is InChI=1S/C23H37N7O2.HI/c1-5-24-23(30-10-11-31-21(15-30)20-13-26-28(4)14-20)25-12-19-6-8-29(9-7-19)16-22-27-17(2)18(3)32-22;/h13-14,19,21H,5-12,15-16H2,1-4H3,(H,24,25);1H. The summed E-state index contributed by atoms with van der Waals surface area (Å²) in [6.07, 6.45) is 6.28. The molecule has 2 saturated heterocycles. The Bertz CT molecular complexity index is 885. The maximum Gasteiger partial charge on any atom is 0.208 e. The van der Waals surface area contributed by atoms with E-state index in [2.05, 4.69) is 32.1 Å². The van der Waals surface area contributed by atoms with Crippen molar-refractivity contribution in [1.82, 2.24) is 29.9 Å². The van der Waals surface area contributed by atoms with Crippen molar-refractivity contribution in [3.05, 3.63) is 35.3 Å². The zero-order valence-corrected chi connectivity index (χ0v) is 22.6. The van der Waals surface area contributed by atoms with Gasteiger partial charge in [-0.15, -0.1) is 24.0 Å². The Morgan fingerprint density at radius 3 is 2.67 bits per heavy atom. The molecule has 0 bridgehead atoms. The molecule has 2 aliphatic rings. The number of ether oxygens (including phenoxy) is 1. The zero-order valence-electron chi connectivity index (χ0n) is 20.3. The molecular formula is C23H38IN7O2. The summed E-state index contributed by atoms with van der Waals surface area (Å²) in [7, 11) is 1.94. The molecule has 1 N–H and O–H groups in total. The lowest BCUT2D eigenvalue weighted by Gasteiger charge is -2.35. The SMILES string of the molecule is CCNC(=NCC1CCN(Cc2nc(C)c(C)o2)CC1)N1CCOC(c2cnn(C)c2)C1.I. The van der Waals surface area contributed by atoms with Crippen LogP contribution in [0.4, 0.5) is 0 Å². The van der Waals surface area contributed by atoms with Gasteiger partial charge in [0.1, 0.15) is 11.9 Å². The monoisotopic (exact) mass is 571 g/mol. The third kappa shape index (κ3) is 6.92. The number of morpholine rings is 1. The van der Waals surface area contributed by atoms with Gasteiger partial charge < -0.3 is 19.4 Å². The van der Waals surface area contributed by atoms with E-state index >= 15 is 0 Å². The highest BCUT2D eigenvalue weighted by Gasteiger charge is 2.26. The zero-order chi connectivity index (χ0) is 22.5. The van der Waals surface area contributed by atoms with Crippen LogP contribution in [0.25, 0.3) is 0 Å². The number of aliphatic imine (C=N–C) groups is 1. The topological polar surface area (TPSA) is 84.0 Å². The Kier molecular flexibility index (Phi) is 9.57. The highest BCUT2D eigenvalue weighted by atomic mass is 127. The maximum atomic E-state index is 6.00. The van der Waals surface area contributed by atoms with E-state index in [1.54, 1.807) is 0 Å². The molecule has 1 atom stereocenters. The number of aromatic nitrogens is 3. The highest BCUT2D eigenvalue weighted by Crippen LogP contribution is 2.23. The lowest BCUT2D eigenvalue weighted by atomic mass is 9.97. The molecule has 10 heteroatoms. The second-order valence-corrected chi connectivity index (χ2v) is 8.92. The number of nitrogens with one attached hydrogen (secondary N) is 1. The average molecular weight is 572 g/mol. The molecule has 4 heterocycles. The second-order valence-electron chi connectivity index (χ2n) is 8.92. The van der Waals surface area contributed by atoms with Gasteiger partial charge in [-0.2, -0.15) is 5.10 Å². The molecule has 0 aromatic carbocycles. The minimum absolute atomic E-state index is 0. The van der Waals surface area contributed by atoms with Crippen molar-refractivity contribution in [2.75, 3.05) is 45.9 Å². The first-order chi connectivity index (χ1) is 15.5. The van der Waals surface area contributed by atoms with Gasteiger partial charge in [-0.1, -0.05) is 0 Å². The lowest BCUT2D eigenvalue weighted by molar-refractivity contribution is -0.00808. The van der Waals surface area contributed by atoms with Gasteiger partial charge in [0.05, 0.1) is 31.6 Å². The summed E-state index contributed by atoms with van der Waals surface area (Å²) >= 11 is 0. The van der Waals surface area contributed by atoms with Gasteiger partial charge in [-0.05, 0) is 52.6 Å². The van der Waals surface area contributed by atoms with Gasteiger partial charge in [0.15, 0.2) is 5.96 Å². The van der Waals surface area contributed by atoms with Crippen molar-refractivity contribution in [2.24, 2.45) is 18.0 Å². The van der Waals surface area contributed by atoms with Crippen LogP contribution in [0.15, 0.2) is 21.8 Å². The number of hydrogen-bond donors (Lipinski definition) is 1. The molecule has 1 unspecified atom stereocenters. The first-order valence-electron chi connectivity index (χ1n) is 11.8. The summed E-state index contributed by atoms with van der Waals surface area (Å²) in [5, 5.41) is 7.78. The third-order valence-electron chi connectivity index (χ3n) is 6.44. The van der Waals surface area contributed by atoms with Gasteiger partial charge in [-0.3, -0.25) is 14.6 Å². The Morgan fingerprint density at radius 2 is 2.03 bits per heavy atom. The average Bonchev–Trinajstić information content (AvgIpc) is 3.37. The number of rotatable bonds is 6. The highest BCUT2D eigenvalue weighted by molar-refractivity contribution is 14.0. The summed E-state index contributed by atoms with van der Waals surface area (Å²) in [5.74, 6) is 3.37. The van der Waals surface area contributed by atoms with Crippen molar-refractivity contribution in [2.45, 2.75) is 46.3 Å². The fourth-order valence-corrected chi connectivity index (χ4v) is 4.42. The Morgan fingerprint density at radius 1 is 1.24 bits per heavy atom. The van der Waals surface area contributed by atoms with E-state index in [1.165, 1.54) is 0 Å². The van der Waals surface area contributed by atoms with Crippen LogP contribution < -0.4 is 5.32 Å². The van der Waals surface area contributed by atoms with Gasteiger partial charge in [0, 0.05) is 38.4 Å². The molecule has 0 saturated carbocycles. The van der Waals surface area contributed by atoms with Gasteiger partial charge in [0.25, 0.3) is 0 Å². The van der Waals surface area contributed by atoms with Crippen LogP contribution in [0.3, 0.4) is 0 Å². The van der Waals surface area contributed by atoms with Crippen molar-refractivity contribution in [1.29, 1.82) is 0 Å². The number of guanidine groups is 1. The van der Waals surface area contributed by atoms with Crippen LogP contribution in [0.5, 0.6) is 0 Å². The predicted molar refractivity (Wildman–Crippen MR) is 139 cm³/mol. The molecule has 2 aliphatic heterocycles. The molecule has 0 radical (unpaired) electrons.